The minimum atomic E-state index is -1.31. The molecule has 2 aliphatic carbocycles. The van der Waals surface area contributed by atoms with Gasteiger partial charge in [-0.2, -0.15) is 0 Å². The first-order valence-electron chi connectivity index (χ1n) is 12.5. The molecule has 2 aliphatic rings. The van der Waals surface area contributed by atoms with E-state index < -0.39 is 42.0 Å². The highest BCUT2D eigenvalue weighted by Gasteiger charge is 2.41. The molecule has 2 amide bonds. The van der Waals surface area contributed by atoms with E-state index >= 15 is 0 Å². The van der Waals surface area contributed by atoms with Gasteiger partial charge in [0.1, 0.15) is 12.6 Å². The van der Waals surface area contributed by atoms with E-state index in [1.54, 1.807) is 24.3 Å². The molecule has 9 nitrogen and oxygen atoms in total. The third-order valence-electron chi connectivity index (χ3n) is 7.33. The van der Waals surface area contributed by atoms with Crippen LogP contribution in [0.4, 0.5) is 0 Å². The summed E-state index contributed by atoms with van der Waals surface area (Å²) >= 11 is 0. The van der Waals surface area contributed by atoms with Crippen molar-refractivity contribution in [2.45, 2.75) is 76.3 Å². The van der Waals surface area contributed by atoms with Crippen LogP contribution in [0.1, 0.15) is 74.6 Å². The number of nitrogens with zero attached hydrogens (tertiary/aromatic N) is 1. The molecule has 4 rings (SSSR count). The van der Waals surface area contributed by atoms with Gasteiger partial charge in [-0.15, -0.1) is 0 Å². The van der Waals surface area contributed by atoms with Gasteiger partial charge >= 0.3 is 5.97 Å². The van der Waals surface area contributed by atoms with Crippen molar-refractivity contribution in [3.63, 3.8) is 0 Å². The normalized spacial score (nSPS) is 18.2. The van der Waals surface area contributed by atoms with Crippen LogP contribution in [0.2, 0.25) is 0 Å². The highest BCUT2D eigenvalue weighted by molar-refractivity contribution is 6.46. The maximum atomic E-state index is 13.6. The predicted molar refractivity (Wildman–Crippen MR) is 129 cm³/mol. The summed E-state index contributed by atoms with van der Waals surface area (Å²) < 4.78 is 0. The lowest BCUT2D eigenvalue weighted by atomic mass is 9.82. The Morgan fingerprint density at radius 1 is 0.971 bits per heavy atom. The molecule has 2 saturated carbocycles. The van der Waals surface area contributed by atoms with Crippen LogP contribution in [-0.4, -0.2) is 62.3 Å². The number of nitrogens with one attached hydrogen (secondary N) is 2. The molecular formula is C26H33N3O6. The average molecular weight is 484 g/mol. The summed E-state index contributed by atoms with van der Waals surface area (Å²) in [6.07, 6.45) is 8.96. The number of aromatic nitrogens is 1. The Labute approximate surface area is 203 Å². The van der Waals surface area contributed by atoms with Crippen molar-refractivity contribution in [1.29, 1.82) is 0 Å². The monoisotopic (exact) mass is 483 g/mol. The molecule has 1 heterocycles. The lowest BCUT2D eigenvalue weighted by Gasteiger charge is -2.38. The molecule has 188 valence electrons. The Hall–Kier alpha value is -3.36. The largest absolute Gasteiger partial charge is 0.494 e. The van der Waals surface area contributed by atoms with E-state index in [4.69, 9.17) is 0 Å². The summed E-state index contributed by atoms with van der Waals surface area (Å²) in [5, 5.41) is 23.4. The quantitative estimate of drug-likeness (QED) is 0.335. The van der Waals surface area contributed by atoms with Crippen LogP contribution in [0.25, 0.3) is 10.9 Å². The van der Waals surface area contributed by atoms with Crippen LogP contribution in [0.5, 0.6) is 5.88 Å². The predicted octanol–water partition coefficient (Wildman–Crippen LogP) is 3.37. The van der Waals surface area contributed by atoms with E-state index in [1.165, 1.54) is 0 Å². The first-order valence-corrected chi connectivity index (χ1v) is 12.5. The Kier molecular flexibility index (Phi) is 7.73. The molecule has 1 aromatic heterocycles. The number of fused-ring (bicyclic) bond motifs is 1. The molecule has 0 saturated heterocycles. The average Bonchev–Trinajstić information content (AvgIpc) is 3.19. The van der Waals surface area contributed by atoms with Crippen LogP contribution in [0.3, 0.4) is 0 Å². The number of hydrogen-bond acceptors (Lipinski definition) is 5. The SMILES string of the molecule is O=C(O)CN(C(=O)C(=O)c1c(O)[nH]c2ccccc12)C(C(=O)NC1CCCCC1)C1CCCCC1. The van der Waals surface area contributed by atoms with Crippen LogP contribution >= 0.6 is 0 Å². The van der Waals surface area contributed by atoms with E-state index in [-0.39, 0.29) is 17.5 Å². The maximum Gasteiger partial charge on any atom is 0.323 e. The van der Waals surface area contributed by atoms with Crippen molar-refractivity contribution in [2.75, 3.05) is 6.54 Å². The summed E-state index contributed by atoms with van der Waals surface area (Å²) in [5.74, 6) is -4.52. The third-order valence-corrected chi connectivity index (χ3v) is 7.33. The first kappa shape index (κ1) is 24.8. The fourth-order valence-electron chi connectivity index (χ4n) is 5.63. The van der Waals surface area contributed by atoms with Gasteiger partial charge in [-0.3, -0.25) is 19.2 Å². The van der Waals surface area contributed by atoms with E-state index in [1.807, 2.05) is 0 Å². The van der Waals surface area contributed by atoms with Crippen LogP contribution in [0, 0.1) is 5.92 Å². The number of aliphatic carboxylic acids is 1. The number of ketones is 1. The van der Waals surface area contributed by atoms with Gasteiger partial charge in [0, 0.05) is 16.9 Å². The molecule has 0 aliphatic heterocycles. The van der Waals surface area contributed by atoms with Crippen LogP contribution < -0.4 is 5.32 Å². The van der Waals surface area contributed by atoms with Crippen molar-refractivity contribution < 1.29 is 29.4 Å². The van der Waals surface area contributed by atoms with Gasteiger partial charge in [-0.05, 0) is 37.7 Å². The molecule has 1 aromatic carbocycles. The first-order chi connectivity index (χ1) is 16.9. The number of hydrogen-bond donors (Lipinski definition) is 4. The number of carbonyl (C=O) groups excluding carboxylic acids is 3. The molecule has 4 N–H and O–H groups in total. The Balaban J connectivity index is 1.67. The smallest absolute Gasteiger partial charge is 0.323 e. The van der Waals surface area contributed by atoms with Crippen molar-refractivity contribution in [3.05, 3.63) is 29.8 Å². The summed E-state index contributed by atoms with van der Waals surface area (Å²) in [6, 6.07) is 5.58. The molecule has 35 heavy (non-hydrogen) atoms. The Morgan fingerprint density at radius 3 is 2.26 bits per heavy atom. The maximum absolute atomic E-state index is 13.6. The third kappa shape index (κ3) is 5.49. The lowest BCUT2D eigenvalue weighted by Crippen LogP contribution is -2.58. The zero-order chi connectivity index (χ0) is 24.9. The summed E-state index contributed by atoms with van der Waals surface area (Å²) in [5.41, 5.74) is 0.265. The van der Waals surface area contributed by atoms with Gasteiger partial charge in [0.15, 0.2) is 0 Å². The van der Waals surface area contributed by atoms with Gasteiger partial charge < -0.3 is 25.4 Å². The Morgan fingerprint density at radius 2 is 1.60 bits per heavy atom. The number of amides is 2. The zero-order valence-electron chi connectivity index (χ0n) is 19.8. The zero-order valence-corrected chi connectivity index (χ0v) is 19.8. The van der Waals surface area contributed by atoms with Crippen LogP contribution in [-0.2, 0) is 14.4 Å². The van der Waals surface area contributed by atoms with E-state index in [2.05, 4.69) is 10.3 Å². The van der Waals surface area contributed by atoms with E-state index in [0.717, 1.165) is 56.3 Å². The molecule has 0 radical (unpaired) electrons. The molecule has 0 bridgehead atoms. The number of carboxylic acids is 1. The second-order valence-electron chi connectivity index (χ2n) is 9.74. The number of carbonyl (C=O) groups is 4. The number of carboxylic acid groups (broad SMARTS) is 1. The molecule has 2 aromatic rings. The number of H-pyrrole nitrogens is 1. The van der Waals surface area contributed by atoms with E-state index in [0.29, 0.717) is 23.7 Å². The molecular weight excluding hydrogens is 450 g/mol. The second-order valence-corrected chi connectivity index (χ2v) is 9.74. The minimum Gasteiger partial charge on any atom is -0.494 e. The van der Waals surface area contributed by atoms with Crippen molar-refractivity contribution in [3.8, 4) is 5.88 Å². The van der Waals surface area contributed by atoms with Crippen molar-refractivity contribution >= 4 is 34.5 Å². The number of Topliss-reactive ketones (excluding diaryl/α,β-unsaturated/α-hetero) is 1. The van der Waals surface area contributed by atoms with E-state index in [9.17, 15) is 29.4 Å². The van der Waals surface area contributed by atoms with Gasteiger partial charge in [-0.1, -0.05) is 56.7 Å². The number of benzene rings is 1. The molecule has 1 atom stereocenters. The molecule has 0 spiro atoms. The molecule has 2 fully saturated rings. The van der Waals surface area contributed by atoms with Crippen molar-refractivity contribution in [2.24, 2.45) is 5.92 Å². The Bertz CT molecular complexity index is 1100. The highest BCUT2D eigenvalue weighted by atomic mass is 16.4. The number of aromatic amines is 1. The second kappa shape index (κ2) is 10.9. The molecule has 1 unspecified atom stereocenters. The summed E-state index contributed by atoms with van der Waals surface area (Å²) in [7, 11) is 0. The van der Waals surface area contributed by atoms with Crippen molar-refractivity contribution in [1.82, 2.24) is 15.2 Å². The fourth-order valence-corrected chi connectivity index (χ4v) is 5.63. The number of para-hydroxylation sites is 1. The van der Waals surface area contributed by atoms with Crippen LogP contribution in [0.15, 0.2) is 24.3 Å². The fraction of sp³-hybridized carbons (Fsp3) is 0.538. The van der Waals surface area contributed by atoms with Gasteiger partial charge in [-0.25, -0.2) is 0 Å². The molecule has 9 heteroatoms. The van der Waals surface area contributed by atoms with Gasteiger partial charge in [0.25, 0.3) is 11.7 Å². The van der Waals surface area contributed by atoms with Gasteiger partial charge in [0.05, 0.1) is 5.56 Å². The highest BCUT2D eigenvalue weighted by Crippen LogP contribution is 2.32. The number of rotatable bonds is 8. The topological polar surface area (TPSA) is 140 Å². The standard InChI is InChI=1S/C26H33N3O6/c30-20(31)15-29(26(35)23(32)21-18-13-7-8-14-19(18)28-24(21)33)22(16-9-3-1-4-10-16)25(34)27-17-11-5-2-6-12-17/h7-8,13-14,16-17,22,28,33H,1-6,9-12,15H2,(H,27,34)(H,30,31). The summed E-state index contributed by atoms with van der Waals surface area (Å²) in [4.78, 5) is 55.9. The lowest BCUT2D eigenvalue weighted by molar-refractivity contribution is -0.148. The minimum absolute atomic E-state index is 0.0162. The van der Waals surface area contributed by atoms with Gasteiger partial charge in [0.2, 0.25) is 11.8 Å². The number of aromatic hydroxyl groups is 1. The summed E-state index contributed by atoms with van der Waals surface area (Å²) in [6.45, 7) is -0.771.